The highest BCUT2D eigenvalue weighted by atomic mass is 16.5. The smallest absolute Gasteiger partial charge is 0.220 e. The zero-order chi connectivity index (χ0) is 30.6. The highest BCUT2D eigenvalue weighted by Crippen LogP contribution is 2.47. The summed E-state index contributed by atoms with van der Waals surface area (Å²) in [6.07, 6.45) is 9.08. The van der Waals surface area contributed by atoms with Crippen molar-refractivity contribution >= 4 is 11.6 Å². The number of para-hydroxylation sites is 1. The Morgan fingerprint density at radius 3 is 2.45 bits per heavy atom. The van der Waals surface area contributed by atoms with Crippen LogP contribution in [0.1, 0.15) is 86.6 Å². The van der Waals surface area contributed by atoms with Gasteiger partial charge in [0.15, 0.2) is 0 Å². The number of rotatable bonds is 16. The molecule has 44 heavy (non-hydrogen) atoms. The average Bonchev–Trinajstić information content (AvgIpc) is 3.45. The van der Waals surface area contributed by atoms with Crippen molar-refractivity contribution in [2.45, 2.75) is 76.4 Å². The van der Waals surface area contributed by atoms with Gasteiger partial charge in [-0.25, -0.2) is 0 Å². The molecule has 2 aromatic carbocycles. The Labute approximate surface area is 263 Å². The number of anilines is 1. The van der Waals surface area contributed by atoms with Crippen LogP contribution >= 0.6 is 0 Å². The van der Waals surface area contributed by atoms with Crippen LogP contribution in [-0.2, 0) is 16.1 Å². The Hall–Kier alpha value is -3.01. The number of nitrogens with zero attached hydrogens (tertiary/aromatic N) is 5. The van der Waals surface area contributed by atoms with E-state index >= 15 is 0 Å². The number of unbranched alkanes of at least 4 members (excludes halogenated alkanes) is 4. The number of carbonyl (C=O) groups is 1. The maximum Gasteiger partial charge on any atom is 0.220 e. The highest BCUT2D eigenvalue weighted by molar-refractivity contribution is 5.76. The second-order valence-corrected chi connectivity index (χ2v) is 12.7. The average molecular weight is 605 g/mol. The number of fused-ring (bicyclic) bond motifs is 5. The van der Waals surface area contributed by atoms with E-state index in [1.807, 2.05) is 0 Å². The molecule has 240 valence electrons. The molecule has 2 N–H and O–H groups in total. The Morgan fingerprint density at radius 1 is 0.932 bits per heavy atom. The summed E-state index contributed by atoms with van der Waals surface area (Å²) in [7, 11) is 2.16. The van der Waals surface area contributed by atoms with E-state index in [0.29, 0.717) is 12.3 Å². The zero-order valence-electron chi connectivity index (χ0n) is 26.6. The van der Waals surface area contributed by atoms with Crippen molar-refractivity contribution < 1.29 is 14.6 Å². The molecule has 9 heteroatoms. The summed E-state index contributed by atoms with van der Waals surface area (Å²) in [5, 5.41) is 23.9. The van der Waals surface area contributed by atoms with Gasteiger partial charge in [-0.1, -0.05) is 47.7 Å². The predicted molar refractivity (Wildman–Crippen MR) is 174 cm³/mol. The number of hydrogen-bond acceptors (Lipinski definition) is 8. The Kier molecular flexibility index (Phi) is 12.4. The number of aliphatic hydroxyl groups excluding tert-OH is 1. The number of nitrogens with one attached hydrogen (secondary N) is 1. The molecule has 1 fully saturated rings. The topological polar surface area (TPSA) is 93.0 Å². The van der Waals surface area contributed by atoms with Gasteiger partial charge in [-0.2, -0.15) is 5.11 Å². The first-order chi connectivity index (χ1) is 21.6. The monoisotopic (exact) mass is 604 g/mol. The van der Waals surface area contributed by atoms with Crippen molar-refractivity contribution in [3.05, 3.63) is 65.2 Å². The molecule has 0 radical (unpaired) electrons. The lowest BCUT2D eigenvalue weighted by atomic mass is 9.87. The third kappa shape index (κ3) is 8.79. The first-order valence-corrected chi connectivity index (χ1v) is 16.9. The van der Waals surface area contributed by atoms with Crippen LogP contribution in [0.5, 0.6) is 0 Å². The molecule has 0 aliphatic carbocycles. The maximum atomic E-state index is 12.3. The first-order valence-electron chi connectivity index (χ1n) is 16.9. The third-order valence-electron chi connectivity index (χ3n) is 9.42. The lowest BCUT2D eigenvalue weighted by Crippen LogP contribution is -2.37. The van der Waals surface area contributed by atoms with Gasteiger partial charge >= 0.3 is 0 Å². The second-order valence-electron chi connectivity index (χ2n) is 12.7. The number of hydrogen-bond donors (Lipinski definition) is 2. The number of ether oxygens (including phenoxy) is 1. The SMILES string of the molecule is CN1Cc2ccccc2C2C(N=NN2CCCCCOCCCCCNC(=O)CC2CCN(CCO)CC2)c2ccccc21. The van der Waals surface area contributed by atoms with Gasteiger partial charge < -0.3 is 25.0 Å². The zero-order valence-corrected chi connectivity index (χ0v) is 26.6. The molecular formula is C35H52N6O3. The normalized spacial score (nSPS) is 20.1. The molecule has 2 unspecified atom stereocenters. The molecule has 2 atom stereocenters. The fourth-order valence-corrected chi connectivity index (χ4v) is 6.92. The Bertz CT molecular complexity index is 1200. The summed E-state index contributed by atoms with van der Waals surface area (Å²) in [6.45, 7) is 7.06. The number of benzene rings is 2. The minimum absolute atomic E-state index is 0.00737. The van der Waals surface area contributed by atoms with Crippen LogP contribution in [-0.4, -0.2) is 80.5 Å². The predicted octanol–water partition coefficient (Wildman–Crippen LogP) is 5.67. The number of aliphatic hydroxyl groups is 1. The fourth-order valence-electron chi connectivity index (χ4n) is 6.92. The van der Waals surface area contributed by atoms with E-state index in [0.717, 1.165) is 104 Å². The summed E-state index contributed by atoms with van der Waals surface area (Å²) in [4.78, 5) is 16.9. The van der Waals surface area contributed by atoms with Gasteiger partial charge in [0, 0.05) is 64.1 Å². The minimum Gasteiger partial charge on any atom is -0.395 e. The van der Waals surface area contributed by atoms with Gasteiger partial charge in [-0.3, -0.25) is 9.80 Å². The molecule has 3 aliphatic rings. The number of carbonyl (C=O) groups excluding carboxylic acids is 1. The molecule has 1 saturated heterocycles. The molecule has 0 bridgehead atoms. The summed E-state index contributed by atoms with van der Waals surface area (Å²) in [5.41, 5.74) is 5.17. The van der Waals surface area contributed by atoms with E-state index in [9.17, 15) is 4.79 Å². The van der Waals surface area contributed by atoms with E-state index in [1.54, 1.807) is 0 Å². The van der Waals surface area contributed by atoms with Crippen molar-refractivity contribution in [1.82, 2.24) is 15.2 Å². The largest absolute Gasteiger partial charge is 0.395 e. The molecule has 0 saturated carbocycles. The van der Waals surface area contributed by atoms with Crippen LogP contribution < -0.4 is 10.2 Å². The van der Waals surface area contributed by atoms with E-state index < -0.39 is 0 Å². The number of piperidine rings is 1. The quantitative estimate of drug-likeness (QED) is 0.240. The van der Waals surface area contributed by atoms with Gasteiger partial charge in [-0.15, -0.1) is 0 Å². The van der Waals surface area contributed by atoms with Crippen molar-refractivity contribution in [2.24, 2.45) is 16.3 Å². The fraction of sp³-hybridized carbons (Fsp3) is 0.629. The van der Waals surface area contributed by atoms with Crippen LogP contribution in [0.25, 0.3) is 0 Å². The molecule has 9 nitrogen and oxygen atoms in total. The lowest BCUT2D eigenvalue weighted by molar-refractivity contribution is -0.122. The Balaban J connectivity index is 0.925. The molecule has 2 aromatic rings. The standard InChI is InChI=1S/C35H52N6O3/c1-39-27-29-12-4-5-13-30(29)35-34(31-14-6-7-15-32(31)39)37-38-41(35)19-9-3-11-25-44-24-10-2-8-18-36-33(43)26-28-16-20-40(21-17-28)22-23-42/h4-7,12-15,28,34-35,42H,2-3,8-11,16-27H2,1H3,(H,36,43). The van der Waals surface area contributed by atoms with Crippen LogP contribution in [0, 0.1) is 5.92 Å². The second kappa shape index (κ2) is 16.9. The third-order valence-corrected chi connectivity index (χ3v) is 9.42. The molecule has 3 heterocycles. The van der Waals surface area contributed by atoms with Crippen LogP contribution in [0.3, 0.4) is 0 Å². The highest BCUT2D eigenvalue weighted by Gasteiger charge is 2.39. The van der Waals surface area contributed by atoms with E-state index in [1.165, 1.54) is 22.4 Å². The summed E-state index contributed by atoms with van der Waals surface area (Å²) in [5.74, 6) is 0.664. The van der Waals surface area contributed by atoms with Crippen molar-refractivity contribution in [3.63, 3.8) is 0 Å². The number of likely N-dealkylation sites (tertiary alicyclic amines) is 1. The van der Waals surface area contributed by atoms with Gasteiger partial charge in [0.2, 0.25) is 5.91 Å². The van der Waals surface area contributed by atoms with Crippen molar-refractivity contribution in [1.29, 1.82) is 0 Å². The van der Waals surface area contributed by atoms with Crippen LogP contribution in [0.4, 0.5) is 5.69 Å². The summed E-state index contributed by atoms with van der Waals surface area (Å²) >= 11 is 0. The Morgan fingerprint density at radius 2 is 1.66 bits per heavy atom. The molecule has 0 aromatic heterocycles. The van der Waals surface area contributed by atoms with Crippen LogP contribution in [0.15, 0.2) is 58.9 Å². The maximum absolute atomic E-state index is 12.3. The summed E-state index contributed by atoms with van der Waals surface area (Å²) in [6, 6.07) is 17.5. The van der Waals surface area contributed by atoms with Crippen molar-refractivity contribution in [2.75, 3.05) is 64.5 Å². The molecule has 3 aliphatic heterocycles. The number of amides is 1. The van der Waals surface area contributed by atoms with E-state index in [2.05, 4.69) is 75.7 Å². The van der Waals surface area contributed by atoms with Gasteiger partial charge in [-0.05, 0) is 87.6 Å². The van der Waals surface area contributed by atoms with Gasteiger partial charge in [0.25, 0.3) is 0 Å². The van der Waals surface area contributed by atoms with E-state index in [-0.39, 0.29) is 24.6 Å². The van der Waals surface area contributed by atoms with E-state index in [4.69, 9.17) is 20.2 Å². The molecular weight excluding hydrogens is 552 g/mol. The van der Waals surface area contributed by atoms with Crippen molar-refractivity contribution in [3.8, 4) is 0 Å². The number of β-amino-alcohol motifs (C(OH)–C–C–N with tert-alkyl or cyclic N) is 1. The molecule has 5 rings (SSSR count). The van der Waals surface area contributed by atoms with Crippen LogP contribution in [0.2, 0.25) is 0 Å². The molecule has 0 spiro atoms. The minimum atomic E-state index is 0.00737. The lowest BCUT2D eigenvalue weighted by Gasteiger charge is -2.34. The summed E-state index contributed by atoms with van der Waals surface area (Å²) < 4.78 is 5.90. The van der Waals surface area contributed by atoms with Gasteiger partial charge in [0.1, 0.15) is 12.1 Å². The van der Waals surface area contributed by atoms with Gasteiger partial charge in [0.05, 0.1) is 6.61 Å². The first kappa shape index (κ1) is 32.4. The molecule has 1 amide bonds.